The minimum atomic E-state index is 0. The molecule has 0 aromatic heterocycles. The molecule has 2 N–H and O–H groups in total. The van der Waals surface area contributed by atoms with Crippen molar-refractivity contribution in [1.82, 2.24) is 10.2 Å². The van der Waals surface area contributed by atoms with Gasteiger partial charge in [-0.1, -0.05) is 6.07 Å². The quantitative estimate of drug-likeness (QED) is 0.736. The molecule has 0 radical (unpaired) electrons. The van der Waals surface area contributed by atoms with E-state index in [9.17, 15) is 4.79 Å². The summed E-state index contributed by atoms with van der Waals surface area (Å²) in [5.41, 5.74) is 0.890. The molecule has 0 saturated carbocycles. The Morgan fingerprint density at radius 1 is 1.35 bits per heavy atom. The van der Waals surface area contributed by atoms with Crippen LogP contribution in [0.1, 0.15) is 19.3 Å². The topological polar surface area (TPSA) is 44.4 Å². The van der Waals surface area contributed by atoms with Gasteiger partial charge in [0, 0.05) is 10.6 Å². The summed E-state index contributed by atoms with van der Waals surface area (Å²) in [5, 5.41) is 6.22. The highest BCUT2D eigenvalue weighted by Crippen LogP contribution is 2.21. The standard InChI is InChI=1S/C17H27N3OS.ClH/c1-18-9-6-14-7-10-20(11-8-14)13-17(21)19-15-4-3-5-16(12-15)22-2;/h3-5,12,14,18H,6-11,13H2,1-2H3,(H,19,21);1H. The van der Waals surface area contributed by atoms with Gasteiger partial charge in [0.2, 0.25) is 5.91 Å². The third kappa shape index (κ3) is 7.12. The highest BCUT2D eigenvalue weighted by Gasteiger charge is 2.20. The maximum Gasteiger partial charge on any atom is 0.238 e. The Kier molecular flexibility index (Phi) is 9.63. The van der Waals surface area contributed by atoms with E-state index in [1.54, 1.807) is 11.8 Å². The number of nitrogens with zero attached hydrogens (tertiary/aromatic N) is 1. The van der Waals surface area contributed by atoms with Crippen LogP contribution in [0.15, 0.2) is 29.2 Å². The summed E-state index contributed by atoms with van der Waals surface area (Å²) in [4.78, 5) is 15.6. The number of amides is 1. The first-order chi connectivity index (χ1) is 10.7. The van der Waals surface area contributed by atoms with Crippen molar-refractivity contribution >= 4 is 35.8 Å². The van der Waals surface area contributed by atoms with Crippen molar-refractivity contribution in [3.05, 3.63) is 24.3 Å². The molecule has 0 bridgehead atoms. The van der Waals surface area contributed by atoms with Gasteiger partial charge >= 0.3 is 0 Å². The molecule has 4 nitrogen and oxygen atoms in total. The number of likely N-dealkylation sites (tertiary alicyclic amines) is 1. The van der Waals surface area contributed by atoms with Crippen LogP contribution < -0.4 is 10.6 Å². The summed E-state index contributed by atoms with van der Waals surface area (Å²) in [6, 6.07) is 8.00. The molecule has 1 aromatic rings. The van der Waals surface area contributed by atoms with Crippen LogP contribution in [0.4, 0.5) is 5.69 Å². The molecular weight excluding hydrogens is 330 g/mol. The number of hydrogen-bond donors (Lipinski definition) is 2. The molecule has 1 amide bonds. The maximum atomic E-state index is 12.2. The molecule has 1 fully saturated rings. The van der Waals surface area contributed by atoms with Gasteiger partial charge in [0.25, 0.3) is 0 Å². The smallest absolute Gasteiger partial charge is 0.238 e. The third-order valence-electron chi connectivity index (χ3n) is 4.23. The van der Waals surface area contributed by atoms with Crippen LogP contribution in [0.25, 0.3) is 0 Å². The van der Waals surface area contributed by atoms with E-state index >= 15 is 0 Å². The summed E-state index contributed by atoms with van der Waals surface area (Å²) in [7, 11) is 2.01. The van der Waals surface area contributed by atoms with Gasteiger partial charge in [0.15, 0.2) is 0 Å². The van der Waals surface area contributed by atoms with Gasteiger partial charge in [-0.2, -0.15) is 0 Å². The zero-order valence-electron chi connectivity index (χ0n) is 14.0. The zero-order chi connectivity index (χ0) is 15.8. The fraction of sp³-hybridized carbons (Fsp3) is 0.588. The first kappa shape index (κ1) is 20.3. The van der Waals surface area contributed by atoms with Crippen LogP contribution >= 0.6 is 24.2 Å². The van der Waals surface area contributed by atoms with E-state index < -0.39 is 0 Å². The SMILES string of the molecule is CNCCC1CCN(CC(=O)Nc2cccc(SC)c2)CC1.Cl. The summed E-state index contributed by atoms with van der Waals surface area (Å²) in [6.07, 6.45) is 5.70. The van der Waals surface area contributed by atoms with Crippen molar-refractivity contribution in [2.45, 2.75) is 24.2 Å². The molecule has 0 spiro atoms. The lowest BCUT2D eigenvalue weighted by Crippen LogP contribution is -2.39. The van der Waals surface area contributed by atoms with Crippen molar-refractivity contribution in [1.29, 1.82) is 0 Å². The molecule has 1 aromatic carbocycles. The van der Waals surface area contributed by atoms with Gasteiger partial charge in [-0.15, -0.1) is 24.2 Å². The second-order valence-electron chi connectivity index (χ2n) is 5.89. The van der Waals surface area contributed by atoms with E-state index in [1.165, 1.54) is 24.2 Å². The number of piperidine rings is 1. The normalized spacial score (nSPS) is 15.9. The number of benzene rings is 1. The molecule has 1 aliphatic rings. The Hall–Kier alpha value is -0.750. The van der Waals surface area contributed by atoms with Gasteiger partial charge in [-0.05, 0) is 76.3 Å². The molecule has 0 atom stereocenters. The fourth-order valence-corrected chi connectivity index (χ4v) is 3.35. The molecule has 0 aliphatic carbocycles. The highest BCUT2D eigenvalue weighted by atomic mass is 35.5. The Morgan fingerprint density at radius 3 is 2.74 bits per heavy atom. The highest BCUT2D eigenvalue weighted by molar-refractivity contribution is 7.98. The van der Waals surface area contributed by atoms with Gasteiger partial charge in [0.1, 0.15) is 0 Å². The number of carbonyl (C=O) groups is 1. The predicted molar refractivity (Wildman–Crippen MR) is 102 cm³/mol. The van der Waals surface area contributed by atoms with Crippen LogP contribution in [0.5, 0.6) is 0 Å². The number of thioether (sulfide) groups is 1. The lowest BCUT2D eigenvalue weighted by Gasteiger charge is -2.31. The molecule has 130 valence electrons. The molecule has 23 heavy (non-hydrogen) atoms. The number of anilines is 1. The number of hydrogen-bond acceptors (Lipinski definition) is 4. The Balaban J connectivity index is 0.00000264. The summed E-state index contributed by atoms with van der Waals surface area (Å²) in [5.74, 6) is 0.900. The summed E-state index contributed by atoms with van der Waals surface area (Å²) < 4.78 is 0. The molecule has 0 unspecified atom stereocenters. The van der Waals surface area contributed by atoms with Crippen LogP contribution in [0.2, 0.25) is 0 Å². The first-order valence-electron chi connectivity index (χ1n) is 8.02. The van der Waals surface area contributed by atoms with Crippen molar-refractivity contribution < 1.29 is 4.79 Å². The van der Waals surface area contributed by atoms with Crippen LogP contribution in [-0.4, -0.2) is 50.3 Å². The average molecular weight is 358 g/mol. The zero-order valence-corrected chi connectivity index (χ0v) is 15.6. The minimum Gasteiger partial charge on any atom is -0.325 e. The molecule has 6 heteroatoms. The monoisotopic (exact) mass is 357 g/mol. The third-order valence-corrected chi connectivity index (χ3v) is 4.96. The van der Waals surface area contributed by atoms with E-state index in [1.807, 2.05) is 31.5 Å². The number of carbonyl (C=O) groups excluding carboxylic acids is 1. The molecule has 1 heterocycles. The average Bonchev–Trinajstić information content (AvgIpc) is 2.54. The van der Waals surface area contributed by atoms with Crippen LogP contribution in [0.3, 0.4) is 0 Å². The second kappa shape index (κ2) is 10.9. The Bertz CT molecular complexity index is 479. The summed E-state index contributed by atoms with van der Waals surface area (Å²) >= 11 is 1.69. The van der Waals surface area contributed by atoms with Crippen molar-refractivity contribution in [3.8, 4) is 0 Å². The van der Waals surface area contributed by atoms with E-state index in [2.05, 4.69) is 21.6 Å². The molecule has 1 aliphatic heterocycles. The second-order valence-corrected chi connectivity index (χ2v) is 6.77. The van der Waals surface area contributed by atoms with Crippen molar-refractivity contribution in [2.75, 3.05) is 44.8 Å². The predicted octanol–water partition coefficient (Wildman–Crippen LogP) is 3.09. The lowest BCUT2D eigenvalue weighted by atomic mass is 9.93. The van der Waals surface area contributed by atoms with E-state index in [-0.39, 0.29) is 18.3 Å². The van der Waals surface area contributed by atoms with Gasteiger partial charge in [-0.3, -0.25) is 9.69 Å². The van der Waals surface area contributed by atoms with Crippen molar-refractivity contribution in [3.63, 3.8) is 0 Å². The lowest BCUT2D eigenvalue weighted by molar-refractivity contribution is -0.117. The number of nitrogens with one attached hydrogen (secondary N) is 2. The van der Waals surface area contributed by atoms with E-state index in [0.29, 0.717) is 6.54 Å². The van der Waals surface area contributed by atoms with Crippen molar-refractivity contribution in [2.24, 2.45) is 5.92 Å². The van der Waals surface area contributed by atoms with Crippen LogP contribution in [0, 0.1) is 5.92 Å². The Labute approximate surface area is 150 Å². The fourth-order valence-electron chi connectivity index (χ4n) is 2.89. The molecule has 1 saturated heterocycles. The number of halogens is 1. The van der Waals surface area contributed by atoms with Gasteiger partial charge < -0.3 is 10.6 Å². The minimum absolute atomic E-state index is 0. The van der Waals surface area contributed by atoms with E-state index in [0.717, 1.165) is 31.2 Å². The van der Waals surface area contributed by atoms with Crippen LogP contribution in [-0.2, 0) is 4.79 Å². The maximum absolute atomic E-state index is 12.2. The Morgan fingerprint density at radius 2 is 2.09 bits per heavy atom. The van der Waals surface area contributed by atoms with E-state index in [4.69, 9.17) is 0 Å². The van der Waals surface area contributed by atoms with Gasteiger partial charge in [0.05, 0.1) is 6.54 Å². The largest absolute Gasteiger partial charge is 0.325 e. The summed E-state index contributed by atoms with van der Waals surface area (Å²) in [6.45, 7) is 3.67. The molecular formula is C17H28ClN3OS. The van der Waals surface area contributed by atoms with Gasteiger partial charge in [-0.25, -0.2) is 0 Å². The molecule has 2 rings (SSSR count). The number of rotatable bonds is 7. The first-order valence-corrected chi connectivity index (χ1v) is 9.24.